The molecule has 0 aliphatic heterocycles. The van der Waals surface area contributed by atoms with Crippen LogP contribution >= 0.6 is 0 Å². The van der Waals surface area contributed by atoms with Gasteiger partial charge in [0.2, 0.25) is 10.0 Å². The Morgan fingerprint density at radius 2 is 1.79 bits per heavy atom. The quantitative estimate of drug-likeness (QED) is 0.673. The van der Waals surface area contributed by atoms with Crippen molar-refractivity contribution in [1.29, 1.82) is 0 Å². The monoisotopic (exact) mass is 291 g/mol. The molecule has 0 aliphatic carbocycles. The molecule has 0 aliphatic rings. The lowest BCUT2D eigenvalue weighted by molar-refractivity contribution is -0.0342. The largest absolute Gasteiger partial charge is 0.376 e. The van der Waals surface area contributed by atoms with E-state index < -0.39 is 10.0 Å². The summed E-state index contributed by atoms with van der Waals surface area (Å²) in [6.07, 6.45) is 2.92. The van der Waals surface area contributed by atoms with E-state index in [-0.39, 0.29) is 11.0 Å². The average molecular weight is 291 g/mol. The van der Waals surface area contributed by atoms with Crippen LogP contribution in [0, 0.1) is 5.41 Å². The summed E-state index contributed by atoms with van der Waals surface area (Å²) < 4.78 is 31.0. The Morgan fingerprint density at radius 1 is 1.21 bits per heavy atom. The first-order valence-electron chi connectivity index (χ1n) is 6.80. The molecule has 0 atom stereocenters. The van der Waals surface area contributed by atoms with Crippen molar-refractivity contribution < 1.29 is 13.2 Å². The number of nitrogens with one attached hydrogen (secondary N) is 1. The third-order valence-corrected chi connectivity index (χ3v) is 4.08. The van der Waals surface area contributed by atoms with Crippen molar-refractivity contribution in [3.8, 4) is 0 Å². The summed E-state index contributed by atoms with van der Waals surface area (Å²) in [7, 11) is -3.34. The zero-order valence-corrected chi connectivity index (χ0v) is 13.8. The first-order valence-corrected chi connectivity index (χ1v) is 8.34. The molecule has 0 unspecified atom stereocenters. The van der Waals surface area contributed by atoms with Gasteiger partial charge in [-0.25, -0.2) is 13.1 Å². The maximum atomic E-state index is 11.3. The van der Waals surface area contributed by atoms with Gasteiger partial charge in [0.1, 0.15) is 0 Å². The Morgan fingerprint density at radius 3 is 2.26 bits per heavy atom. The van der Waals surface area contributed by atoms with Crippen molar-refractivity contribution in [2.45, 2.75) is 59.5 Å². The van der Waals surface area contributed by atoms with Gasteiger partial charge >= 0.3 is 0 Å². The van der Waals surface area contributed by atoms with Gasteiger partial charge in [-0.3, -0.25) is 0 Å². The van der Waals surface area contributed by atoms with Gasteiger partial charge < -0.3 is 4.74 Å². The normalized spacial score (nSPS) is 13.5. The molecule has 114 valence electrons. The van der Waals surface area contributed by atoms with Crippen LogP contribution in [0.25, 0.3) is 0 Å². The molecule has 0 radical (unpaired) electrons. The Hall–Kier alpha value is -0.390. The summed E-state index contributed by atoms with van der Waals surface area (Å²) >= 11 is 0. The maximum Gasteiger partial charge on any atom is 0.233 e. The van der Waals surface area contributed by atoms with Crippen molar-refractivity contribution in [2.75, 3.05) is 13.2 Å². The van der Waals surface area contributed by atoms with E-state index in [1.54, 1.807) is 0 Å². The van der Waals surface area contributed by atoms with E-state index in [9.17, 15) is 8.42 Å². The summed E-state index contributed by atoms with van der Waals surface area (Å²) in [5.74, 6) is 0. The molecule has 0 bridgehead atoms. The van der Waals surface area contributed by atoms with E-state index in [2.05, 4.69) is 32.1 Å². The predicted molar refractivity (Wildman–Crippen MR) is 80.5 cm³/mol. The van der Waals surface area contributed by atoms with Gasteiger partial charge in [0, 0.05) is 18.6 Å². The Balaban J connectivity index is 4.14. The molecule has 0 fully saturated rings. The fourth-order valence-electron chi connectivity index (χ4n) is 1.72. The highest BCUT2D eigenvalue weighted by molar-refractivity contribution is 7.92. The molecule has 1 N–H and O–H groups in total. The van der Waals surface area contributed by atoms with Gasteiger partial charge in [-0.1, -0.05) is 33.8 Å². The molecule has 0 aromatic rings. The predicted octanol–water partition coefficient (Wildman–Crippen LogP) is 3.06. The van der Waals surface area contributed by atoms with Crippen LogP contribution in [0.15, 0.2) is 12.0 Å². The molecule has 0 saturated heterocycles. The molecule has 19 heavy (non-hydrogen) atoms. The van der Waals surface area contributed by atoms with Crippen LogP contribution in [0.1, 0.15) is 53.9 Å². The third kappa shape index (κ3) is 9.19. The highest BCUT2D eigenvalue weighted by atomic mass is 32.2. The molecule has 0 aromatic carbocycles. The summed E-state index contributed by atoms with van der Waals surface area (Å²) in [4.78, 5) is 0. The van der Waals surface area contributed by atoms with E-state index in [0.29, 0.717) is 13.2 Å². The van der Waals surface area contributed by atoms with Crippen LogP contribution < -0.4 is 4.72 Å². The molecule has 5 heteroatoms. The highest BCUT2D eigenvalue weighted by Gasteiger charge is 2.22. The summed E-state index contributed by atoms with van der Waals surface area (Å²) in [6.45, 7) is 14.7. The minimum absolute atomic E-state index is 0.106. The van der Waals surface area contributed by atoms with Gasteiger partial charge in [0.15, 0.2) is 0 Å². The van der Waals surface area contributed by atoms with Gasteiger partial charge in [-0.05, 0) is 32.1 Å². The van der Waals surface area contributed by atoms with Crippen molar-refractivity contribution in [3.05, 3.63) is 12.0 Å². The Kier molecular flexibility index (Phi) is 7.26. The van der Waals surface area contributed by atoms with Gasteiger partial charge in [0.25, 0.3) is 0 Å². The first-order chi connectivity index (χ1) is 8.54. The van der Waals surface area contributed by atoms with Gasteiger partial charge in [-0.2, -0.15) is 0 Å². The molecule has 0 aromatic heterocycles. The standard InChI is InChI=1S/C14H29NO3S/c1-7-9-14(5,6)18-11-10-13(3,4)12-15-19(16,17)8-2/h8,15H,2,7,9-12H2,1,3-6H3. The zero-order chi connectivity index (χ0) is 15.2. The summed E-state index contributed by atoms with van der Waals surface area (Å²) in [6, 6.07) is 0. The van der Waals surface area contributed by atoms with Crippen molar-refractivity contribution in [1.82, 2.24) is 4.72 Å². The lowest BCUT2D eigenvalue weighted by atomic mass is 9.90. The Labute approximate surface area is 118 Å². The molecule has 0 rings (SSSR count). The second kappa shape index (κ2) is 7.41. The minimum Gasteiger partial charge on any atom is -0.376 e. The van der Waals surface area contributed by atoms with Crippen LogP contribution in [0.3, 0.4) is 0 Å². The van der Waals surface area contributed by atoms with Crippen LogP contribution in [0.4, 0.5) is 0 Å². The third-order valence-electron chi connectivity index (χ3n) is 3.10. The second-order valence-corrected chi connectivity index (χ2v) is 8.02. The highest BCUT2D eigenvalue weighted by Crippen LogP contribution is 2.23. The number of rotatable bonds is 10. The smallest absolute Gasteiger partial charge is 0.233 e. The SMILES string of the molecule is C=CS(=O)(=O)NCC(C)(C)CCOC(C)(C)CCC. The van der Waals surface area contributed by atoms with Crippen molar-refractivity contribution in [3.63, 3.8) is 0 Å². The van der Waals surface area contributed by atoms with Crippen LogP contribution in [0.5, 0.6) is 0 Å². The van der Waals surface area contributed by atoms with Crippen molar-refractivity contribution >= 4 is 10.0 Å². The molecule has 0 heterocycles. The molecule has 0 spiro atoms. The van der Waals surface area contributed by atoms with E-state index in [1.807, 2.05) is 13.8 Å². The van der Waals surface area contributed by atoms with Crippen LogP contribution in [0.2, 0.25) is 0 Å². The van der Waals surface area contributed by atoms with Gasteiger partial charge in [0.05, 0.1) is 5.60 Å². The van der Waals surface area contributed by atoms with Gasteiger partial charge in [-0.15, -0.1) is 0 Å². The van der Waals surface area contributed by atoms with E-state index in [1.165, 1.54) is 0 Å². The second-order valence-electron chi connectivity index (χ2n) is 6.31. The fraction of sp³-hybridized carbons (Fsp3) is 0.857. The minimum atomic E-state index is -3.34. The Bertz CT molecular complexity index is 372. The van der Waals surface area contributed by atoms with Crippen molar-refractivity contribution in [2.24, 2.45) is 5.41 Å². The summed E-state index contributed by atoms with van der Waals surface area (Å²) in [5.41, 5.74) is -0.246. The number of sulfonamides is 1. The van der Waals surface area contributed by atoms with Crippen LogP contribution in [-0.4, -0.2) is 27.2 Å². The lowest BCUT2D eigenvalue weighted by Gasteiger charge is -2.29. The molecule has 0 amide bonds. The fourth-order valence-corrected chi connectivity index (χ4v) is 2.43. The molecule has 4 nitrogen and oxygen atoms in total. The van der Waals surface area contributed by atoms with E-state index >= 15 is 0 Å². The average Bonchev–Trinajstić information content (AvgIpc) is 2.26. The summed E-state index contributed by atoms with van der Waals surface area (Å²) in [5, 5.41) is 0.934. The molecule has 0 saturated carbocycles. The lowest BCUT2D eigenvalue weighted by Crippen LogP contribution is -2.34. The topological polar surface area (TPSA) is 55.4 Å². The first kappa shape index (κ1) is 18.6. The molecular weight excluding hydrogens is 262 g/mol. The van der Waals surface area contributed by atoms with E-state index in [4.69, 9.17) is 4.74 Å². The van der Waals surface area contributed by atoms with Crippen LogP contribution in [-0.2, 0) is 14.8 Å². The number of hydrogen-bond donors (Lipinski definition) is 1. The molecular formula is C14H29NO3S. The van der Waals surface area contributed by atoms with E-state index in [0.717, 1.165) is 24.7 Å². The number of ether oxygens (including phenoxy) is 1. The zero-order valence-electron chi connectivity index (χ0n) is 13.0. The maximum absolute atomic E-state index is 11.3. The number of hydrogen-bond acceptors (Lipinski definition) is 3.